The van der Waals surface area contributed by atoms with Crippen molar-refractivity contribution in [2.75, 3.05) is 12.4 Å². The molecular weight excluding hydrogens is 228 g/mol. The SMILES string of the molecule is COc1ccccc1NC(=O)C1CCCC(C)N1. The number of hydrogen-bond donors (Lipinski definition) is 2. The Labute approximate surface area is 108 Å². The van der Waals surface area contributed by atoms with Gasteiger partial charge in [0.1, 0.15) is 5.75 Å². The number of para-hydroxylation sites is 2. The summed E-state index contributed by atoms with van der Waals surface area (Å²) in [6, 6.07) is 7.77. The van der Waals surface area contributed by atoms with Gasteiger partial charge in [-0.1, -0.05) is 12.1 Å². The molecular formula is C14H20N2O2. The molecule has 0 aromatic heterocycles. The van der Waals surface area contributed by atoms with Gasteiger partial charge in [-0.2, -0.15) is 0 Å². The van der Waals surface area contributed by atoms with Crippen LogP contribution in [0.4, 0.5) is 5.69 Å². The van der Waals surface area contributed by atoms with E-state index in [4.69, 9.17) is 4.74 Å². The molecule has 1 aromatic rings. The first-order valence-corrected chi connectivity index (χ1v) is 6.40. The van der Waals surface area contributed by atoms with Gasteiger partial charge < -0.3 is 15.4 Å². The zero-order valence-corrected chi connectivity index (χ0v) is 10.9. The van der Waals surface area contributed by atoms with Gasteiger partial charge in [-0.25, -0.2) is 0 Å². The van der Waals surface area contributed by atoms with E-state index in [1.165, 1.54) is 0 Å². The maximum Gasteiger partial charge on any atom is 0.241 e. The first-order valence-electron chi connectivity index (χ1n) is 6.40. The lowest BCUT2D eigenvalue weighted by atomic mass is 9.99. The smallest absolute Gasteiger partial charge is 0.241 e. The van der Waals surface area contributed by atoms with Gasteiger partial charge in [-0.3, -0.25) is 4.79 Å². The molecule has 2 atom stereocenters. The number of carbonyl (C=O) groups is 1. The van der Waals surface area contributed by atoms with Crippen molar-refractivity contribution in [3.63, 3.8) is 0 Å². The van der Waals surface area contributed by atoms with E-state index in [-0.39, 0.29) is 11.9 Å². The van der Waals surface area contributed by atoms with Gasteiger partial charge in [0, 0.05) is 6.04 Å². The molecule has 1 heterocycles. The summed E-state index contributed by atoms with van der Waals surface area (Å²) in [6.45, 7) is 2.11. The number of rotatable bonds is 3. The van der Waals surface area contributed by atoms with E-state index in [0.29, 0.717) is 11.8 Å². The summed E-state index contributed by atoms with van der Waals surface area (Å²) in [5.41, 5.74) is 0.727. The molecule has 2 rings (SSSR count). The number of anilines is 1. The van der Waals surface area contributed by atoms with Crippen LogP contribution in [0.15, 0.2) is 24.3 Å². The van der Waals surface area contributed by atoms with Crippen LogP contribution in [0.1, 0.15) is 26.2 Å². The van der Waals surface area contributed by atoms with Crippen molar-refractivity contribution >= 4 is 11.6 Å². The highest BCUT2D eigenvalue weighted by Crippen LogP contribution is 2.24. The molecule has 1 fully saturated rings. The van der Waals surface area contributed by atoms with Crippen LogP contribution in [0.3, 0.4) is 0 Å². The highest BCUT2D eigenvalue weighted by molar-refractivity contribution is 5.96. The minimum absolute atomic E-state index is 0.0195. The molecule has 1 aliphatic rings. The van der Waals surface area contributed by atoms with Gasteiger partial charge >= 0.3 is 0 Å². The second kappa shape index (κ2) is 5.87. The van der Waals surface area contributed by atoms with Gasteiger partial charge in [0.2, 0.25) is 5.91 Å². The average molecular weight is 248 g/mol. The third kappa shape index (κ3) is 3.01. The van der Waals surface area contributed by atoms with Crippen LogP contribution in [0.5, 0.6) is 5.75 Å². The van der Waals surface area contributed by atoms with Crippen LogP contribution in [-0.4, -0.2) is 25.1 Å². The number of ether oxygens (including phenoxy) is 1. The predicted octanol–water partition coefficient (Wildman–Crippen LogP) is 2.16. The highest BCUT2D eigenvalue weighted by atomic mass is 16.5. The zero-order chi connectivity index (χ0) is 13.0. The average Bonchev–Trinajstić information content (AvgIpc) is 2.39. The molecule has 98 valence electrons. The molecule has 1 aliphatic heterocycles. The fraction of sp³-hybridized carbons (Fsp3) is 0.500. The molecule has 0 radical (unpaired) electrons. The van der Waals surface area contributed by atoms with Gasteiger partial charge in [-0.05, 0) is 38.3 Å². The van der Waals surface area contributed by atoms with Crippen molar-refractivity contribution in [2.45, 2.75) is 38.3 Å². The van der Waals surface area contributed by atoms with Crippen molar-refractivity contribution in [3.05, 3.63) is 24.3 Å². The molecule has 18 heavy (non-hydrogen) atoms. The van der Waals surface area contributed by atoms with Gasteiger partial charge in [0.05, 0.1) is 18.8 Å². The van der Waals surface area contributed by atoms with E-state index in [1.807, 2.05) is 24.3 Å². The number of nitrogens with one attached hydrogen (secondary N) is 2. The molecule has 1 aromatic carbocycles. The molecule has 4 nitrogen and oxygen atoms in total. The Bertz CT molecular complexity index is 420. The van der Waals surface area contributed by atoms with Crippen LogP contribution in [0.2, 0.25) is 0 Å². The first kappa shape index (κ1) is 12.9. The lowest BCUT2D eigenvalue weighted by molar-refractivity contribution is -0.118. The van der Waals surface area contributed by atoms with E-state index in [0.717, 1.165) is 24.9 Å². The summed E-state index contributed by atoms with van der Waals surface area (Å²) >= 11 is 0. The standard InChI is InChI=1S/C14H20N2O2/c1-10-6-5-8-12(15-10)14(17)16-11-7-3-4-9-13(11)18-2/h3-4,7,9-10,12,15H,5-6,8H2,1-2H3,(H,16,17). The molecule has 1 saturated heterocycles. The summed E-state index contributed by atoms with van der Waals surface area (Å²) in [5, 5.41) is 6.25. The Morgan fingerprint density at radius 1 is 1.39 bits per heavy atom. The van der Waals surface area contributed by atoms with Crippen LogP contribution >= 0.6 is 0 Å². The quantitative estimate of drug-likeness (QED) is 0.862. The van der Waals surface area contributed by atoms with E-state index < -0.39 is 0 Å². The van der Waals surface area contributed by atoms with E-state index in [1.54, 1.807) is 7.11 Å². The fourth-order valence-electron chi connectivity index (χ4n) is 2.31. The summed E-state index contributed by atoms with van der Waals surface area (Å²) in [7, 11) is 1.60. The largest absolute Gasteiger partial charge is 0.495 e. The molecule has 0 saturated carbocycles. The third-order valence-corrected chi connectivity index (χ3v) is 3.30. The molecule has 0 aliphatic carbocycles. The zero-order valence-electron chi connectivity index (χ0n) is 10.9. The summed E-state index contributed by atoms with van der Waals surface area (Å²) in [5.74, 6) is 0.709. The van der Waals surface area contributed by atoms with Crippen LogP contribution in [-0.2, 0) is 4.79 Å². The molecule has 2 unspecified atom stereocenters. The lowest BCUT2D eigenvalue weighted by Gasteiger charge is -2.28. The Hall–Kier alpha value is -1.55. The number of hydrogen-bond acceptors (Lipinski definition) is 3. The Kier molecular flexibility index (Phi) is 4.20. The Balaban J connectivity index is 2.02. The van der Waals surface area contributed by atoms with E-state index in [2.05, 4.69) is 17.6 Å². The van der Waals surface area contributed by atoms with Crippen molar-refractivity contribution < 1.29 is 9.53 Å². The van der Waals surface area contributed by atoms with Crippen molar-refractivity contribution in [3.8, 4) is 5.75 Å². The molecule has 2 N–H and O–H groups in total. The maximum absolute atomic E-state index is 12.2. The molecule has 0 bridgehead atoms. The number of piperidine rings is 1. The Morgan fingerprint density at radius 3 is 2.89 bits per heavy atom. The second-order valence-corrected chi connectivity index (χ2v) is 4.74. The summed E-state index contributed by atoms with van der Waals surface area (Å²) in [6.07, 6.45) is 3.13. The predicted molar refractivity (Wildman–Crippen MR) is 71.9 cm³/mol. The number of methoxy groups -OCH3 is 1. The first-order chi connectivity index (χ1) is 8.70. The minimum Gasteiger partial charge on any atom is -0.495 e. The van der Waals surface area contributed by atoms with E-state index >= 15 is 0 Å². The number of amides is 1. The number of benzene rings is 1. The lowest BCUT2D eigenvalue weighted by Crippen LogP contribution is -2.47. The van der Waals surface area contributed by atoms with Gasteiger partial charge in [-0.15, -0.1) is 0 Å². The summed E-state index contributed by atoms with van der Waals surface area (Å²) < 4.78 is 5.22. The van der Waals surface area contributed by atoms with Crippen molar-refractivity contribution in [2.24, 2.45) is 0 Å². The minimum atomic E-state index is -0.0985. The Morgan fingerprint density at radius 2 is 2.17 bits per heavy atom. The molecule has 1 amide bonds. The third-order valence-electron chi connectivity index (χ3n) is 3.30. The van der Waals surface area contributed by atoms with Crippen LogP contribution in [0.25, 0.3) is 0 Å². The normalized spacial score (nSPS) is 23.4. The maximum atomic E-state index is 12.2. The van der Waals surface area contributed by atoms with Crippen molar-refractivity contribution in [1.82, 2.24) is 5.32 Å². The monoisotopic (exact) mass is 248 g/mol. The number of carbonyl (C=O) groups excluding carboxylic acids is 1. The van der Waals surface area contributed by atoms with Crippen LogP contribution in [0, 0.1) is 0 Å². The fourth-order valence-corrected chi connectivity index (χ4v) is 2.31. The molecule has 4 heteroatoms. The highest BCUT2D eigenvalue weighted by Gasteiger charge is 2.24. The van der Waals surface area contributed by atoms with Crippen LogP contribution < -0.4 is 15.4 Å². The van der Waals surface area contributed by atoms with E-state index in [9.17, 15) is 4.79 Å². The van der Waals surface area contributed by atoms with Gasteiger partial charge in [0.25, 0.3) is 0 Å². The summed E-state index contributed by atoms with van der Waals surface area (Å²) in [4.78, 5) is 12.2. The van der Waals surface area contributed by atoms with Gasteiger partial charge in [0.15, 0.2) is 0 Å². The van der Waals surface area contributed by atoms with Crippen molar-refractivity contribution in [1.29, 1.82) is 0 Å². The topological polar surface area (TPSA) is 50.4 Å². The second-order valence-electron chi connectivity index (χ2n) is 4.74. The molecule has 0 spiro atoms.